The van der Waals surface area contributed by atoms with Crippen LogP contribution < -0.4 is 11.1 Å². The summed E-state index contributed by atoms with van der Waals surface area (Å²) in [6.45, 7) is 2.77. The van der Waals surface area contributed by atoms with Gasteiger partial charge in [-0.2, -0.15) is 0 Å². The Morgan fingerprint density at radius 2 is 2.27 bits per heavy atom. The summed E-state index contributed by atoms with van der Waals surface area (Å²) in [7, 11) is -1.09. The Hall–Kier alpha value is -0.420. The standard InChI is InChI=1S/C6H14N2O2S/c1-2-8-6(9)5-11(10)4-3-7/h2-5,7H2,1H3,(H,8,9). The second-order valence-electron chi connectivity index (χ2n) is 2.03. The van der Waals surface area contributed by atoms with E-state index in [9.17, 15) is 9.00 Å². The van der Waals surface area contributed by atoms with Crippen molar-refractivity contribution in [1.82, 2.24) is 5.32 Å². The van der Waals surface area contributed by atoms with Crippen molar-refractivity contribution in [2.45, 2.75) is 6.92 Å². The van der Waals surface area contributed by atoms with Gasteiger partial charge in [0.25, 0.3) is 0 Å². The third-order valence-electron chi connectivity index (χ3n) is 1.01. The van der Waals surface area contributed by atoms with Crippen LogP contribution in [0.2, 0.25) is 0 Å². The van der Waals surface area contributed by atoms with Gasteiger partial charge in [0.1, 0.15) is 5.75 Å². The van der Waals surface area contributed by atoms with Crippen molar-refractivity contribution in [2.75, 3.05) is 24.6 Å². The van der Waals surface area contributed by atoms with E-state index in [4.69, 9.17) is 5.73 Å². The van der Waals surface area contributed by atoms with E-state index in [-0.39, 0.29) is 11.7 Å². The molecule has 0 aliphatic rings. The van der Waals surface area contributed by atoms with E-state index in [1.807, 2.05) is 6.92 Å². The van der Waals surface area contributed by atoms with Gasteiger partial charge in [-0.05, 0) is 6.92 Å². The van der Waals surface area contributed by atoms with Crippen molar-refractivity contribution in [3.05, 3.63) is 0 Å². The van der Waals surface area contributed by atoms with Crippen LogP contribution in [0.4, 0.5) is 0 Å². The summed E-state index contributed by atoms with van der Waals surface area (Å²) < 4.78 is 10.9. The van der Waals surface area contributed by atoms with Crippen molar-refractivity contribution < 1.29 is 9.00 Å². The Labute approximate surface area is 69.0 Å². The van der Waals surface area contributed by atoms with E-state index in [1.54, 1.807) is 0 Å². The molecule has 0 saturated carbocycles. The molecule has 66 valence electrons. The van der Waals surface area contributed by atoms with Gasteiger partial charge in [-0.15, -0.1) is 0 Å². The van der Waals surface area contributed by atoms with E-state index < -0.39 is 10.8 Å². The van der Waals surface area contributed by atoms with E-state index in [1.165, 1.54) is 0 Å². The minimum absolute atomic E-state index is 0.0744. The van der Waals surface area contributed by atoms with Crippen molar-refractivity contribution in [3.8, 4) is 0 Å². The Bertz CT molecular complexity index is 134. The molecular weight excluding hydrogens is 164 g/mol. The maximum Gasteiger partial charge on any atom is 0.232 e. The van der Waals surface area contributed by atoms with Crippen LogP contribution in [0.25, 0.3) is 0 Å². The van der Waals surface area contributed by atoms with Crippen LogP contribution in [0.1, 0.15) is 6.92 Å². The second-order valence-corrected chi connectivity index (χ2v) is 3.61. The molecule has 4 nitrogen and oxygen atoms in total. The summed E-state index contributed by atoms with van der Waals surface area (Å²) in [5.41, 5.74) is 5.15. The van der Waals surface area contributed by atoms with Gasteiger partial charge in [-0.1, -0.05) is 0 Å². The molecule has 0 fully saturated rings. The zero-order valence-corrected chi connectivity index (χ0v) is 7.45. The molecule has 0 saturated heterocycles. The molecule has 0 aromatic heterocycles. The molecule has 11 heavy (non-hydrogen) atoms. The molecule has 0 aliphatic carbocycles. The molecular formula is C6H14N2O2S. The number of rotatable bonds is 5. The molecule has 0 bridgehead atoms. The number of amides is 1. The van der Waals surface area contributed by atoms with E-state index in [0.717, 1.165) is 0 Å². The fourth-order valence-corrected chi connectivity index (χ4v) is 1.40. The number of carbonyl (C=O) groups excluding carboxylic acids is 1. The lowest BCUT2D eigenvalue weighted by molar-refractivity contribution is -0.118. The van der Waals surface area contributed by atoms with Crippen molar-refractivity contribution in [2.24, 2.45) is 5.73 Å². The van der Waals surface area contributed by atoms with Crippen molar-refractivity contribution in [1.29, 1.82) is 0 Å². The molecule has 1 atom stereocenters. The van der Waals surface area contributed by atoms with Gasteiger partial charge in [0.2, 0.25) is 5.91 Å². The molecule has 0 rings (SSSR count). The first-order chi connectivity index (χ1) is 5.20. The highest BCUT2D eigenvalue weighted by atomic mass is 32.2. The molecule has 0 aromatic rings. The summed E-state index contributed by atoms with van der Waals surface area (Å²) in [6, 6.07) is 0. The zero-order valence-electron chi connectivity index (χ0n) is 6.63. The highest BCUT2D eigenvalue weighted by Gasteiger charge is 2.04. The summed E-state index contributed by atoms with van der Waals surface area (Å²) in [5, 5.41) is 2.56. The fourth-order valence-electron chi connectivity index (χ4n) is 0.598. The number of hydrogen-bond donors (Lipinski definition) is 2. The van der Waals surface area contributed by atoms with Crippen LogP contribution in [0.5, 0.6) is 0 Å². The molecule has 1 amide bonds. The third kappa shape index (κ3) is 6.00. The maximum absolute atomic E-state index is 10.9. The van der Waals surface area contributed by atoms with Gasteiger partial charge in [0, 0.05) is 29.6 Å². The van der Waals surface area contributed by atoms with Crippen LogP contribution in [0.3, 0.4) is 0 Å². The summed E-state index contributed by atoms with van der Waals surface area (Å²) in [4.78, 5) is 10.8. The molecule has 0 heterocycles. The van der Waals surface area contributed by atoms with Gasteiger partial charge in [-0.25, -0.2) is 0 Å². The average molecular weight is 178 g/mol. The first kappa shape index (κ1) is 10.6. The molecule has 0 spiro atoms. The summed E-state index contributed by atoms with van der Waals surface area (Å²) in [5.74, 6) is 0.307. The summed E-state index contributed by atoms with van der Waals surface area (Å²) >= 11 is 0. The summed E-state index contributed by atoms with van der Waals surface area (Å²) in [6.07, 6.45) is 0. The van der Waals surface area contributed by atoms with Crippen molar-refractivity contribution >= 4 is 16.7 Å². The Balaban J connectivity index is 3.49. The van der Waals surface area contributed by atoms with Crippen LogP contribution in [-0.4, -0.2) is 34.7 Å². The lowest BCUT2D eigenvalue weighted by atomic mass is 10.6. The SMILES string of the molecule is CCNC(=O)CS(=O)CCN. The van der Waals surface area contributed by atoms with Crippen LogP contribution in [0, 0.1) is 0 Å². The highest BCUT2D eigenvalue weighted by molar-refractivity contribution is 7.85. The molecule has 0 radical (unpaired) electrons. The van der Waals surface area contributed by atoms with Crippen LogP contribution in [-0.2, 0) is 15.6 Å². The number of nitrogens with two attached hydrogens (primary N) is 1. The predicted octanol–water partition coefficient (Wildman–Crippen LogP) is -1.17. The van der Waals surface area contributed by atoms with Gasteiger partial charge in [-0.3, -0.25) is 9.00 Å². The maximum atomic E-state index is 10.9. The van der Waals surface area contributed by atoms with Crippen molar-refractivity contribution in [3.63, 3.8) is 0 Å². The second kappa shape index (κ2) is 6.30. The van der Waals surface area contributed by atoms with Crippen LogP contribution in [0.15, 0.2) is 0 Å². The number of hydrogen-bond acceptors (Lipinski definition) is 3. The van der Waals surface area contributed by atoms with Crippen LogP contribution >= 0.6 is 0 Å². The number of carbonyl (C=O) groups is 1. The zero-order chi connectivity index (χ0) is 8.69. The molecule has 0 aliphatic heterocycles. The normalized spacial score (nSPS) is 12.5. The number of nitrogens with one attached hydrogen (secondary N) is 1. The minimum Gasteiger partial charge on any atom is -0.356 e. The van der Waals surface area contributed by atoms with E-state index >= 15 is 0 Å². The molecule has 0 aromatic carbocycles. The Morgan fingerprint density at radius 1 is 1.64 bits per heavy atom. The smallest absolute Gasteiger partial charge is 0.232 e. The minimum atomic E-state index is -1.09. The predicted molar refractivity (Wildman–Crippen MR) is 45.6 cm³/mol. The quantitative estimate of drug-likeness (QED) is 0.557. The lowest BCUT2D eigenvalue weighted by Crippen LogP contribution is -2.29. The fraction of sp³-hybridized carbons (Fsp3) is 0.833. The van der Waals surface area contributed by atoms with E-state index in [0.29, 0.717) is 18.8 Å². The topological polar surface area (TPSA) is 72.2 Å². The lowest BCUT2D eigenvalue weighted by Gasteiger charge is -2.00. The van der Waals surface area contributed by atoms with Gasteiger partial charge >= 0.3 is 0 Å². The molecule has 5 heteroatoms. The van der Waals surface area contributed by atoms with E-state index in [2.05, 4.69) is 5.32 Å². The Morgan fingerprint density at radius 3 is 2.73 bits per heavy atom. The molecule has 1 unspecified atom stereocenters. The Kier molecular flexibility index (Phi) is 6.06. The average Bonchev–Trinajstić information content (AvgIpc) is 1.87. The van der Waals surface area contributed by atoms with Gasteiger partial charge in [0.05, 0.1) is 0 Å². The third-order valence-corrected chi connectivity index (χ3v) is 2.29. The highest BCUT2D eigenvalue weighted by Crippen LogP contribution is 1.80. The van der Waals surface area contributed by atoms with Gasteiger partial charge in [0.15, 0.2) is 0 Å². The molecule has 3 N–H and O–H groups in total. The van der Waals surface area contributed by atoms with Gasteiger partial charge < -0.3 is 11.1 Å². The monoisotopic (exact) mass is 178 g/mol. The largest absolute Gasteiger partial charge is 0.356 e. The first-order valence-electron chi connectivity index (χ1n) is 3.52. The first-order valence-corrected chi connectivity index (χ1v) is 5.01.